The Balaban J connectivity index is 1.32. The summed E-state index contributed by atoms with van der Waals surface area (Å²) in [4.78, 5) is 20.3. The van der Waals surface area contributed by atoms with Crippen molar-refractivity contribution in [2.75, 3.05) is 11.9 Å². The highest BCUT2D eigenvalue weighted by Gasteiger charge is 2.06. The van der Waals surface area contributed by atoms with E-state index in [4.69, 9.17) is 21.1 Å². The zero-order valence-electron chi connectivity index (χ0n) is 15.6. The van der Waals surface area contributed by atoms with Gasteiger partial charge in [-0.3, -0.25) is 4.79 Å². The first-order valence-electron chi connectivity index (χ1n) is 8.94. The van der Waals surface area contributed by atoms with Crippen LogP contribution in [-0.2, 0) is 4.79 Å². The van der Waals surface area contributed by atoms with E-state index in [0.29, 0.717) is 33.9 Å². The largest absolute Gasteiger partial charge is 0.484 e. The van der Waals surface area contributed by atoms with Crippen LogP contribution >= 0.6 is 11.6 Å². The quantitative estimate of drug-likeness (QED) is 0.482. The lowest BCUT2D eigenvalue weighted by molar-refractivity contribution is -0.118. The summed E-state index contributed by atoms with van der Waals surface area (Å²) in [5, 5.41) is 7.49. The SMILES string of the molecule is O=C(COc1ccc(Cl)cc1)Nc1ccc(Oc2cc(-n3cccn3)ncn2)cc1. The smallest absolute Gasteiger partial charge is 0.262 e. The maximum absolute atomic E-state index is 12.1. The molecule has 0 spiro atoms. The Morgan fingerprint density at radius 3 is 2.53 bits per heavy atom. The van der Waals surface area contributed by atoms with Crippen molar-refractivity contribution in [1.29, 1.82) is 0 Å². The zero-order valence-corrected chi connectivity index (χ0v) is 16.4. The number of benzene rings is 2. The van der Waals surface area contributed by atoms with Crippen molar-refractivity contribution in [1.82, 2.24) is 19.7 Å². The molecule has 2 aromatic heterocycles. The Morgan fingerprint density at radius 2 is 1.80 bits per heavy atom. The fraction of sp³-hybridized carbons (Fsp3) is 0.0476. The topological polar surface area (TPSA) is 91.2 Å². The van der Waals surface area contributed by atoms with Crippen molar-refractivity contribution in [3.05, 3.63) is 84.4 Å². The van der Waals surface area contributed by atoms with Gasteiger partial charge >= 0.3 is 0 Å². The van der Waals surface area contributed by atoms with E-state index >= 15 is 0 Å². The molecule has 9 heteroatoms. The molecule has 0 unspecified atom stereocenters. The minimum atomic E-state index is -0.279. The summed E-state index contributed by atoms with van der Waals surface area (Å²) < 4.78 is 12.8. The van der Waals surface area contributed by atoms with Crippen LogP contribution in [0.4, 0.5) is 5.69 Å². The first kappa shape index (κ1) is 19.4. The molecule has 0 aliphatic carbocycles. The van der Waals surface area contributed by atoms with Gasteiger partial charge in [-0.1, -0.05) is 11.6 Å². The molecule has 0 saturated heterocycles. The predicted octanol–water partition coefficient (Wildman–Crippen LogP) is 4.13. The van der Waals surface area contributed by atoms with Crippen LogP contribution in [0.15, 0.2) is 79.4 Å². The second-order valence-corrected chi connectivity index (χ2v) is 6.52. The Labute approximate surface area is 177 Å². The van der Waals surface area contributed by atoms with Gasteiger partial charge in [0.25, 0.3) is 5.91 Å². The number of halogens is 1. The molecule has 4 rings (SSSR count). The normalized spacial score (nSPS) is 10.4. The van der Waals surface area contributed by atoms with Gasteiger partial charge in [0.15, 0.2) is 12.4 Å². The zero-order chi connectivity index (χ0) is 20.8. The van der Waals surface area contributed by atoms with Gasteiger partial charge < -0.3 is 14.8 Å². The van der Waals surface area contributed by atoms with E-state index in [-0.39, 0.29) is 12.5 Å². The molecule has 2 aromatic carbocycles. The molecule has 0 saturated carbocycles. The van der Waals surface area contributed by atoms with Crippen LogP contribution in [0.3, 0.4) is 0 Å². The lowest BCUT2D eigenvalue weighted by Gasteiger charge is -2.09. The number of anilines is 1. The number of ether oxygens (including phenoxy) is 2. The van der Waals surface area contributed by atoms with E-state index in [1.807, 2.05) is 0 Å². The van der Waals surface area contributed by atoms with Crippen molar-refractivity contribution in [3.63, 3.8) is 0 Å². The van der Waals surface area contributed by atoms with E-state index in [9.17, 15) is 4.79 Å². The van der Waals surface area contributed by atoms with Crippen molar-refractivity contribution in [3.8, 4) is 23.2 Å². The van der Waals surface area contributed by atoms with Gasteiger partial charge in [-0.25, -0.2) is 14.6 Å². The fourth-order valence-electron chi connectivity index (χ4n) is 2.52. The third kappa shape index (κ3) is 5.12. The predicted molar refractivity (Wildman–Crippen MR) is 111 cm³/mol. The number of nitrogens with zero attached hydrogens (tertiary/aromatic N) is 4. The molecule has 1 N–H and O–H groups in total. The number of carbonyl (C=O) groups excluding carboxylic acids is 1. The summed E-state index contributed by atoms with van der Waals surface area (Å²) in [6, 6.07) is 17.2. The van der Waals surface area contributed by atoms with Gasteiger partial charge in [0, 0.05) is 29.2 Å². The summed E-state index contributed by atoms with van der Waals surface area (Å²) in [7, 11) is 0. The highest BCUT2D eigenvalue weighted by molar-refractivity contribution is 6.30. The Morgan fingerprint density at radius 1 is 1.03 bits per heavy atom. The van der Waals surface area contributed by atoms with Gasteiger partial charge in [0.05, 0.1) is 0 Å². The highest BCUT2D eigenvalue weighted by atomic mass is 35.5. The average molecular weight is 422 g/mol. The number of hydrogen-bond acceptors (Lipinski definition) is 6. The highest BCUT2D eigenvalue weighted by Crippen LogP contribution is 2.22. The molecule has 0 atom stereocenters. The average Bonchev–Trinajstić information content (AvgIpc) is 3.30. The van der Waals surface area contributed by atoms with E-state index in [0.717, 1.165) is 0 Å². The lowest BCUT2D eigenvalue weighted by atomic mass is 10.3. The molecule has 8 nitrogen and oxygen atoms in total. The van der Waals surface area contributed by atoms with Crippen LogP contribution in [0.25, 0.3) is 5.82 Å². The van der Waals surface area contributed by atoms with Crippen molar-refractivity contribution < 1.29 is 14.3 Å². The first-order valence-corrected chi connectivity index (χ1v) is 9.32. The van der Waals surface area contributed by atoms with E-state index in [1.54, 1.807) is 77.7 Å². The van der Waals surface area contributed by atoms with E-state index in [2.05, 4.69) is 20.4 Å². The Kier molecular flexibility index (Phi) is 5.86. The van der Waals surface area contributed by atoms with Crippen LogP contribution in [0.5, 0.6) is 17.4 Å². The van der Waals surface area contributed by atoms with Gasteiger partial charge in [-0.15, -0.1) is 0 Å². The van der Waals surface area contributed by atoms with Crippen LogP contribution in [0.1, 0.15) is 0 Å². The number of nitrogens with one attached hydrogen (secondary N) is 1. The molecule has 0 bridgehead atoms. The molecular weight excluding hydrogens is 406 g/mol. The van der Waals surface area contributed by atoms with Gasteiger partial charge in [0.2, 0.25) is 5.88 Å². The van der Waals surface area contributed by atoms with Crippen LogP contribution in [-0.4, -0.2) is 32.3 Å². The number of hydrogen-bond donors (Lipinski definition) is 1. The second kappa shape index (κ2) is 9.06. The number of carbonyl (C=O) groups is 1. The van der Waals surface area contributed by atoms with Gasteiger partial charge in [-0.2, -0.15) is 5.10 Å². The minimum Gasteiger partial charge on any atom is -0.484 e. The molecule has 1 amide bonds. The van der Waals surface area contributed by atoms with Crippen LogP contribution in [0, 0.1) is 0 Å². The Bertz CT molecular complexity index is 1120. The number of aromatic nitrogens is 4. The molecule has 0 aliphatic rings. The summed E-state index contributed by atoms with van der Waals surface area (Å²) in [6.07, 6.45) is 4.85. The van der Waals surface area contributed by atoms with E-state index in [1.165, 1.54) is 6.33 Å². The third-order valence-corrected chi connectivity index (χ3v) is 4.16. The van der Waals surface area contributed by atoms with E-state index < -0.39 is 0 Å². The molecule has 150 valence electrons. The number of amides is 1. The summed E-state index contributed by atoms with van der Waals surface area (Å²) in [6.45, 7) is -0.114. The second-order valence-electron chi connectivity index (χ2n) is 6.08. The monoisotopic (exact) mass is 421 g/mol. The first-order chi connectivity index (χ1) is 14.7. The lowest BCUT2D eigenvalue weighted by Crippen LogP contribution is -2.20. The summed E-state index contributed by atoms with van der Waals surface area (Å²) in [5.74, 6) is 1.82. The minimum absolute atomic E-state index is 0.114. The molecule has 30 heavy (non-hydrogen) atoms. The molecule has 0 aliphatic heterocycles. The number of rotatable bonds is 7. The van der Waals surface area contributed by atoms with Crippen molar-refractivity contribution in [2.24, 2.45) is 0 Å². The molecular formula is C21H16ClN5O3. The van der Waals surface area contributed by atoms with Crippen LogP contribution in [0.2, 0.25) is 5.02 Å². The Hall–Kier alpha value is -3.91. The van der Waals surface area contributed by atoms with Crippen molar-refractivity contribution in [2.45, 2.75) is 0 Å². The van der Waals surface area contributed by atoms with Gasteiger partial charge in [0.1, 0.15) is 17.8 Å². The summed E-state index contributed by atoms with van der Waals surface area (Å²) >= 11 is 5.82. The summed E-state index contributed by atoms with van der Waals surface area (Å²) in [5.41, 5.74) is 0.618. The third-order valence-electron chi connectivity index (χ3n) is 3.91. The fourth-order valence-corrected chi connectivity index (χ4v) is 2.65. The standard InChI is InChI=1S/C21H16ClN5O3/c22-15-2-6-17(7-3-15)29-13-20(28)26-16-4-8-18(9-5-16)30-21-12-19(23-14-24-21)27-11-1-10-25-27/h1-12,14H,13H2,(H,26,28). The van der Waals surface area contributed by atoms with Gasteiger partial charge in [-0.05, 0) is 54.6 Å². The van der Waals surface area contributed by atoms with Crippen LogP contribution < -0.4 is 14.8 Å². The molecule has 4 aromatic rings. The maximum atomic E-state index is 12.1. The maximum Gasteiger partial charge on any atom is 0.262 e. The molecule has 2 heterocycles. The molecule has 0 fully saturated rings. The molecule has 0 radical (unpaired) electrons. The van der Waals surface area contributed by atoms with Crippen molar-refractivity contribution >= 4 is 23.2 Å².